The number of unbranched alkanes of at least 4 members (excludes halogenated alkanes) is 6. The van der Waals surface area contributed by atoms with Crippen LogP contribution in [0.15, 0.2) is 24.3 Å². The first kappa shape index (κ1) is 12.5. The van der Waals surface area contributed by atoms with Crippen molar-refractivity contribution in [1.82, 2.24) is 0 Å². The van der Waals surface area contributed by atoms with Gasteiger partial charge in [0.05, 0.1) is 6.04 Å². The van der Waals surface area contributed by atoms with Crippen molar-refractivity contribution in [1.29, 1.82) is 0 Å². The minimum atomic E-state index is 0.641. The average molecular weight is 231 g/mol. The minimum Gasteiger partial charge on any atom is -0.378 e. The molecule has 0 fully saturated rings. The lowest BCUT2D eigenvalue weighted by Gasteiger charge is -2.32. The molecule has 0 aliphatic carbocycles. The number of rotatable bonds is 8. The molecule has 1 nitrogen and oxygen atoms in total. The molecule has 1 atom stereocenters. The largest absolute Gasteiger partial charge is 0.378 e. The van der Waals surface area contributed by atoms with Gasteiger partial charge in [0.2, 0.25) is 0 Å². The van der Waals surface area contributed by atoms with Crippen LogP contribution in [0.3, 0.4) is 0 Å². The first-order chi connectivity index (χ1) is 8.42. The Bertz CT molecular complexity index is 332. The van der Waals surface area contributed by atoms with E-state index in [0.717, 1.165) is 0 Å². The molecule has 1 aliphatic rings. The smallest absolute Gasteiger partial charge is 0.0534 e. The molecule has 1 aromatic rings. The van der Waals surface area contributed by atoms with Crippen LogP contribution in [0.2, 0.25) is 0 Å². The molecule has 1 heteroatoms. The van der Waals surface area contributed by atoms with E-state index >= 15 is 0 Å². The summed E-state index contributed by atoms with van der Waals surface area (Å²) >= 11 is 0. The van der Waals surface area contributed by atoms with E-state index < -0.39 is 0 Å². The lowest BCUT2D eigenvalue weighted by molar-refractivity contribution is 0.544. The molecule has 2 rings (SSSR count). The van der Waals surface area contributed by atoms with Gasteiger partial charge in [0.25, 0.3) is 0 Å². The number of para-hydroxylation sites is 1. The lowest BCUT2D eigenvalue weighted by Crippen LogP contribution is -2.22. The second-order valence-electron chi connectivity index (χ2n) is 5.19. The average Bonchev–Trinajstić information content (AvgIpc) is 2.33. The third-order valence-corrected chi connectivity index (χ3v) is 3.76. The van der Waals surface area contributed by atoms with Gasteiger partial charge in [-0.05, 0) is 18.1 Å². The van der Waals surface area contributed by atoms with Crippen molar-refractivity contribution < 1.29 is 0 Å². The summed E-state index contributed by atoms with van der Waals surface area (Å²) < 4.78 is 0. The molecule has 17 heavy (non-hydrogen) atoms. The van der Waals surface area contributed by atoms with Gasteiger partial charge in [-0.2, -0.15) is 0 Å². The Morgan fingerprint density at radius 1 is 0.941 bits per heavy atom. The number of benzene rings is 1. The van der Waals surface area contributed by atoms with Crippen LogP contribution in [0.25, 0.3) is 0 Å². The highest BCUT2D eigenvalue weighted by atomic mass is 15.0. The maximum absolute atomic E-state index is 3.53. The number of hydrogen-bond donors (Lipinski definition) is 1. The van der Waals surface area contributed by atoms with Gasteiger partial charge in [0, 0.05) is 5.69 Å². The number of anilines is 1. The van der Waals surface area contributed by atoms with Crippen molar-refractivity contribution in [2.75, 3.05) is 5.32 Å². The van der Waals surface area contributed by atoms with E-state index in [9.17, 15) is 0 Å². The van der Waals surface area contributed by atoms with E-state index in [2.05, 4.69) is 36.5 Å². The highest BCUT2D eigenvalue weighted by Crippen LogP contribution is 2.38. The molecule has 1 aliphatic heterocycles. The summed E-state index contributed by atoms with van der Waals surface area (Å²) in [6.07, 6.45) is 11.1. The fraction of sp³-hybridized carbons (Fsp3) is 0.625. The van der Waals surface area contributed by atoms with Gasteiger partial charge in [-0.25, -0.2) is 0 Å². The number of fused-ring (bicyclic) bond motifs is 1. The standard InChI is InChI=1S/C16H25N/c1-2-3-4-5-6-7-8-12-15-14-11-9-10-13-16(14)17-15/h9-11,13,15,17H,2-8,12H2,1H3. The molecule has 0 aromatic heterocycles. The maximum atomic E-state index is 3.53. The fourth-order valence-electron chi connectivity index (χ4n) is 2.65. The molecule has 0 saturated heterocycles. The quantitative estimate of drug-likeness (QED) is 0.599. The predicted molar refractivity (Wildman–Crippen MR) is 75.4 cm³/mol. The van der Waals surface area contributed by atoms with Crippen LogP contribution in [-0.4, -0.2) is 0 Å². The molecule has 1 aromatic carbocycles. The summed E-state index contributed by atoms with van der Waals surface area (Å²) in [4.78, 5) is 0. The second kappa shape index (κ2) is 6.68. The van der Waals surface area contributed by atoms with Gasteiger partial charge in [-0.3, -0.25) is 0 Å². The van der Waals surface area contributed by atoms with E-state index in [-0.39, 0.29) is 0 Å². The van der Waals surface area contributed by atoms with Crippen molar-refractivity contribution in [2.45, 2.75) is 64.3 Å². The monoisotopic (exact) mass is 231 g/mol. The third-order valence-electron chi connectivity index (χ3n) is 3.76. The van der Waals surface area contributed by atoms with Crippen LogP contribution < -0.4 is 5.32 Å². The zero-order valence-corrected chi connectivity index (χ0v) is 11.0. The Labute approximate surface area is 106 Å². The summed E-state index contributed by atoms with van der Waals surface area (Å²) in [5, 5.41) is 3.53. The molecule has 94 valence electrons. The number of nitrogens with one attached hydrogen (secondary N) is 1. The number of hydrogen-bond acceptors (Lipinski definition) is 1. The molecule has 0 bridgehead atoms. The van der Waals surface area contributed by atoms with E-state index in [4.69, 9.17) is 0 Å². The molecule has 0 radical (unpaired) electrons. The fourth-order valence-corrected chi connectivity index (χ4v) is 2.65. The highest BCUT2D eigenvalue weighted by Gasteiger charge is 2.23. The minimum absolute atomic E-state index is 0.641. The Balaban J connectivity index is 1.53. The summed E-state index contributed by atoms with van der Waals surface area (Å²) in [6, 6.07) is 9.34. The Morgan fingerprint density at radius 3 is 2.41 bits per heavy atom. The molecule has 1 heterocycles. The van der Waals surface area contributed by atoms with Crippen molar-refractivity contribution >= 4 is 5.69 Å². The van der Waals surface area contributed by atoms with E-state index in [1.807, 2.05) is 0 Å². The zero-order valence-electron chi connectivity index (χ0n) is 11.0. The van der Waals surface area contributed by atoms with Gasteiger partial charge >= 0.3 is 0 Å². The zero-order chi connectivity index (χ0) is 11.9. The van der Waals surface area contributed by atoms with Crippen molar-refractivity contribution in [2.24, 2.45) is 0 Å². The molecular formula is C16H25N. The Morgan fingerprint density at radius 2 is 1.65 bits per heavy atom. The second-order valence-corrected chi connectivity index (χ2v) is 5.19. The van der Waals surface area contributed by atoms with Crippen LogP contribution in [0.5, 0.6) is 0 Å². The van der Waals surface area contributed by atoms with Crippen LogP contribution in [0.4, 0.5) is 5.69 Å². The maximum Gasteiger partial charge on any atom is 0.0534 e. The topological polar surface area (TPSA) is 12.0 Å². The lowest BCUT2D eigenvalue weighted by atomic mass is 9.92. The SMILES string of the molecule is CCCCCCCCCC1Nc2ccccc21. The third kappa shape index (κ3) is 3.49. The van der Waals surface area contributed by atoms with E-state index in [0.29, 0.717) is 6.04 Å². The molecule has 0 saturated carbocycles. The molecule has 1 unspecified atom stereocenters. The van der Waals surface area contributed by atoms with Crippen molar-refractivity contribution in [3.8, 4) is 0 Å². The van der Waals surface area contributed by atoms with Crippen LogP contribution in [0.1, 0.15) is 69.9 Å². The van der Waals surface area contributed by atoms with Crippen molar-refractivity contribution in [3.05, 3.63) is 29.8 Å². The first-order valence-electron chi connectivity index (χ1n) is 7.27. The van der Waals surface area contributed by atoms with Crippen LogP contribution >= 0.6 is 0 Å². The molecule has 0 spiro atoms. The van der Waals surface area contributed by atoms with Gasteiger partial charge in [0.15, 0.2) is 0 Å². The summed E-state index contributed by atoms with van der Waals surface area (Å²) in [5.74, 6) is 0. The normalized spacial score (nSPS) is 17.1. The van der Waals surface area contributed by atoms with E-state index in [1.165, 1.54) is 62.6 Å². The van der Waals surface area contributed by atoms with Gasteiger partial charge in [0.1, 0.15) is 0 Å². The Kier molecular flexibility index (Phi) is 4.90. The molecule has 1 N–H and O–H groups in total. The summed E-state index contributed by atoms with van der Waals surface area (Å²) in [7, 11) is 0. The molecule has 0 amide bonds. The highest BCUT2D eigenvalue weighted by molar-refractivity contribution is 5.62. The first-order valence-corrected chi connectivity index (χ1v) is 7.27. The van der Waals surface area contributed by atoms with Gasteiger partial charge < -0.3 is 5.32 Å². The predicted octanol–water partition coefficient (Wildman–Crippen LogP) is 5.29. The van der Waals surface area contributed by atoms with Crippen molar-refractivity contribution in [3.63, 3.8) is 0 Å². The van der Waals surface area contributed by atoms with Gasteiger partial charge in [-0.15, -0.1) is 0 Å². The summed E-state index contributed by atoms with van der Waals surface area (Å²) in [6.45, 7) is 2.28. The van der Waals surface area contributed by atoms with E-state index in [1.54, 1.807) is 0 Å². The molecular weight excluding hydrogens is 206 g/mol. The summed E-state index contributed by atoms with van der Waals surface area (Å²) in [5.41, 5.74) is 2.87. The van der Waals surface area contributed by atoms with Gasteiger partial charge in [-0.1, -0.05) is 70.1 Å². The van der Waals surface area contributed by atoms with Crippen LogP contribution in [0, 0.1) is 0 Å². The Hall–Kier alpha value is -0.980. The van der Waals surface area contributed by atoms with Crippen LogP contribution in [-0.2, 0) is 0 Å².